The van der Waals surface area contributed by atoms with Gasteiger partial charge in [0.15, 0.2) is 22.3 Å². The van der Waals surface area contributed by atoms with Crippen molar-refractivity contribution in [2.24, 2.45) is 0 Å². The zero-order valence-corrected chi connectivity index (χ0v) is 11.7. The van der Waals surface area contributed by atoms with Gasteiger partial charge in [-0.2, -0.15) is 0 Å². The van der Waals surface area contributed by atoms with E-state index in [1.54, 1.807) is 25.3 Å². The van der Waals surface area contributed by atoms with Gasteiger partial charge >= 0.3 is 0 Å². The number of ketones is 1. The van der Waals surface area contributed by atoms with E-state index < -0.39 is 0 Å². The van der Waals surface area contributed by atoms with Crippen LogP contribution < -0.4 is 9.47 Å². The summed E-state index contributed by atoms with van der Waals surface area (Å²) in [6, 6.07) is 5.12. The van der Waals surface area contributed by atoms with Crippen molar-refractivity contribution in [3.63, 3.8) is 0 Å². The maximum absolute atomic E-state index is 11.2. The van der Waals surface area contributed by atoms with Crippen molar-refractivity contribution in [1.82, 2.24) is 0 Å². The van der Waals surface area contributed by atoms with Crippen LogP contribution in [0, 0.1) is 0 Å². The molecule has 0 spiro atoms. The van der Waals surface area contributed by atoms with Crippen molar-refractivity contribution >= 4 is 21.7 Å². The fourth-order valence-electron chi connectivity index (χ4n) is 1.30. The molecule has 0 aliphatic rings. The van der Waals surface area contributed by atoms with Crippen LogP contribution in [0.25, 0.3) is 0 Å². The van der Waals surface area contributed by atoms with Gasteiger partial charge in [0.2, 0.25) is 0 Å². The molecule has 1 aromatic carbocycles. The molecule has 0 aliphatic carbocycles. The fourth-order valence-corrected chi connectivity index (χ4v) is 1.80. The van der Waals surface area contributed by atoms with Crippen LogP contribution in [0.5, 0.6) is 11.5 Å². The highest BCUT2D eigenvalue weighted by Crippen LogP contribution is 2.30. The van der Waals surface area contributed by atoms with E-state index in [0.717, 1.165) is 0 Å². The van der Waals surface area contributed by atoms with Crippen LogP contribution in [0.3, 0.4) is 0 Å². The van der Waals surface area contributed by atoms with Gasteiger partial charge < -0.3 is 9.47 Å². The SMILES string of the molecule is C/C=C/C(Br)Oc1ccc(C(C)=O)cc1OC. The van der Waals surface area contributed by atoms with E-state index in [2.05, 4.69) is 15.9 Å². The number of methoxy groups -OCH3 is 1. The summed E-state index contributed by atoms with van der Waals surface area (Å²) in [5.41, 5.74) is 0.603. The Morgan fingerprint density at radius 2 is 2.12 bits per heavy atom. The lowest BCUT2D eigenvalue weighted by molar-refractivity contribution is 0.101. The van der Waals surface area contributed by atoms with Crippen LogP contribution in [-0.4, -0.2) is 17.9 Å². The number of rotatable bonds is 5. The van der Waals surface area contributed by atoms with Crippen molar-refractivity contribution in [2.75, 3.05) is 7.11 Å². The van der Waals surface area contributed by atoms with Crippen LogP contribution in [-0.2, 0) is 0 Å². The van der Waals surface area contributed by atoms with Crippen LogP contribution in [0.4, 0.5) is 0 Å². The molecule has 0 radical (unpaired) electrons. The number of ether oxygens (including phenoxy) is 2. The maximum atomic E-state index is 11.2. The highest BCUT2D eigenvalue weighted by molar-refractivity contribution is 9.09. The summed E-state index contributed by atoms with van der Waals surface area (Å²) in [6.07, 6.45) is 3.74. The Morgan fingerprint density at radius 1 is 1.41 bits per heavy atom. The summed E-state index contributed by atoms with van der Waals surface area (Å²) < 4.78 is 10.8. The summed E-state index contributed by atoms with van der Waals surface area (Å²) in [5.74, 6) is 1.14. The van der Waals surface area contributed by atoms with Crippen molar-refractivity contribution in [2.45, 2.75) is 18.9 Å². The highest BCUT2D eigenvalue weighted by Gasteiger charge is 2.10. The minimum atomic E-state index is -0.218. The Morgan fingerprint density at radius 3 is 2.65 bits per heavy atom. The summed E-state index contributed by atoms with van der Waals surface area (Å²) >= 11 is 3.35. The minimum Gasteiger partial charge on any atom is -0.493 e. The molecule has 0 N–H and O–H groups in total. The number of allylic oxidation sites excluding steroid dienone is 1. The number of carbonyl (C=O) groups is 1. The molecule has 0 amide bonds. The molecule has 1 unspecified atom stereocenters. The second kappa shape index (κ2) is 6.45. The summed E-state index contributed by atoms with van der Waals surface area (Å²) in [6.45, 7) is 3.43. The predicted molar refractivity (Wildman–Crippen MR) is 71.2 cm³/mol. The topological polar surface area (TPSA) is 35.5 Å². The maximum Gasteiger partial charge on any atom is 0.171 e. The molecular formula is C13H15BrO3. The lowest BCUT2D eigenvalue weighted by Crippen LogP contribution is -2.05. The van der Waals surface area contributed by atoms with Crippen LogP contribution in [0.15, 0.2) is 30.4 Å². The van der Waals surface area contributed by atoms with Crippen molar-refractivity contribution in [3.05, 3.63) is 35.9 Å². The zero-order chi connectivity index (χ0) is 12.8. The van der Waals surface area contributed by atoms with Gasteiger partial charge in [-0.3, -0.25) is 4.79 Å². The van der Waals surface area contributed by atoms with Gasteiger partial charge in [0.05, 0.1) is 7.11 Å². The molecule has 3 nitrogen and oxygen atoms in total. The smallest absolute Gasteiger partial charge is 0.171 e. The van der Waals surface area contributed by atoms with Gasteiger partial charge in [-0.05, 0) is 54.1 Å². The van der Waals surface area contributed by atoms with Gasteiger partial charge in [-0.25, -0.2) is 0 Å². The molecule has 17 heavy (non-hydrogen) atoms. The van der Waals surface area contributed by atoms with E-state index in [9.17, 15) is 4.79 Å². The zero-order valence-electron chi connectivity index (χ0n) is 10.1. The van der Waals surface area contributed by atoms with Gasteiger partial charge in [0.25, 0.3) is 0 Å². The average Bonchev–Trinajstić information content (AvgIpc) is 2.29. The Kier molecular flexibility index (Phi) is 5.22. The molecule has 0 saturated carbocycles. The third-order valence-electron chi connectivity index (χ3n) is 2.15. The molecule has 0 heterocycles. The van der Waals surface area contributed by atoms with Gasteiger partial charge in [0.1, 0.15) is 0 Å². The standard InChI is InChI=1S/C13H15BrO3/c1-4-5-13(14)17-11-7-6-10(9(2)15)8-12(11)16-3/h4-8,13H,1-3H3/b5-4+. The van der Waals surface area contributed by atoms with Crippen LogP contribution in [0.2, 0.25) is 0 Å². The number of hydrogen-bond donors (Lipinski definition) is 0. The first-order chi connectivity index (χ1) is 8.08. The lowest BCUT2D eigenvalue weighted by Gasteiger charge is -2.13. The quantitative estimate of drug-likeness (QED) is 0.473. The molecule has 4 heteroatoms. The van der Waals surface area contributed by atoms with E-state index in [4.69, 9.17) is 9.47 Å². The molecule has 92 valence electrons. The van der Waals surface area contributed by atoms with E-state index in [-0.39, 0.29) is 10.8 Å². The third-order valence-corrected chi connectivity index (χ3v) is 2.65. The number of halogens is 1. The van der Waals surface area contributed by atoms with Crippen molar-refractivity contribution < 1.29 is 14.3 Å². The first-order valence-electron chi connectivity index (χ1n) is 5.21. The fraction of sp³-hybridized carbons (Fsp3) is 0.308. The largest absolute Gasteiger partial charge is 0.493 e. The lowest BCUT2D eigenvalue weighted by atomic mass is 10.1. The van der Waals surface area contributed by atoms with E-state index in [1.807, 2.05) is 19.1 Å². The summed E-state index contributed by atoms with van der Waals surface area (Å²) in [7, 11) is 1.55. The Labute approximate surface area is 110 Å². The normalized spacial score (nSPS) is 12.5. The summed E-state index contributed by atoms with van der Waals surface area (Å²) in [5, 5.41) is -0.218. The molecule has 0 saturated heterocycles. The Bertz CT molecular complexity index is 427. The van der Waals surface area contributed by atoms with Gasteiger partial charge in [-0.1, -0.05) is 6.08 Å². The molecule has 1 rings (SSSR count). The van der Waals surface area contributed by atoms with Crippen LogP contribution >= 0.6 is 15.9 Å². The number of carbonyl (C=O) groups excluding carboxylic acids is 1. The number of hydrogen-bond acceptors (Lipinski definition) is 3. The van der Waals surface area contributed by atoms with E-state index in [1.165, 1.54) is 6.92 Å². The Hall–Kier alpha value is -1.29. The number of Topliss-reactive ketones (excluding diaryl/α,β-unsaturated/α-hetero) is 1. The molecule has 0 fully saturated rings. The first-order valence-corrected chi connectivity index (χ1v) is 6.12. The minimum absolute atomic E-state index is 0.00121. The molecule has 0 bridgehead atoms. The highest BCUT2D eigenvalue weighted by atomic mass is 79.9. The second-order valence-electron chi connectivity index (χ2n) is 3.42. The molecule has 0 aromatic heterocycles. The molecule has 0 aliphatic heterocycles. The third kappa shape index (κ3) is 3.89. The number of alkyl halides is 1. The van der Waals surface area contributed by atoms with E-state index >= 15 is 0 Å². The second-order valence-corrected chi connectivity index (χ2v) is 4.32. The van der Waals surface area contributed by atoms with Crippen molar-refractivity contribution in [1.29, 1.82) is 0 Å². The summed E-state index contributed by atoms with van der Waals surface area (Å²) in [4.78, 5) is 11.2. The Balaban J connectivity index is 2.96. The molecule has 1 atom stereocenters. The monoisotopic (exact) mass is 298 g/mol. The average molecular weight is 299 g/mol. The first kappa shape index (κ1) is 13.8. The van der Waals surface area contributed by atoms with Crippen LogP contribution in [0.1, 0.15) is 24.2 Å². The van der Waals surface area contributed by atoms with Gasteiger partial charge in [0, 0.05) is 5.56 Å². The van der Waals surface area contributed by atoms with E-state index in [0.29, 0.717) is 17.1 Å². The molecular weight excluding hydrogens is 284 g/mol. The predicted octanol–water partition coefficient (Wildman–Crippen LogP) is 3.57. The number of benzene rings is 1. The van der Waals surface area contributed by atoms with Crippen molar-refractivity contribution in [3.8, 4) is 11.5 Å². The van der Waals surface area contributed by atoms with Gasteiger partial charge in [-0.15, -0.1) is 0 Å². The molecule has 1 aromatic rings.